The molecule has 6 nitrogen and oxygen atoms in total. The summed E-state index contributed by atoms with van der Waals surface area (Å²) < 4.78 is 10.2. The van der Waals surface area contributed by atoms with E-state index >= 15 is 0 Å². The maximum Gasteiger partial charge on any atom is 0.341 e. The molecule has 1 N–H and O–H groups in total. The fraction of sp³-hybridized carbons (Fsp3) is 0.389. The van der Waals surface area contributed by atoms with Gasteiger partial charge in [-0.05, 0) is 31.2 Å². The lowest BCUT2D eigenvalue weighted by atomic mass is 9.86. The SMILES string of the molecule is CCOC(=O)c1c(-c2cccs2)csc1NC(=O)COC(=O)C1CCC1. The number of rotatable bonds is 7. The Kier molecular flexibility index (Phi) is 6.05. The minimum atomic E-state index is -0.487. The van der Waals surface area contributed by atoms with Crippen molar-refractivity contribution in [2.75, 3.05) is 18.5 Å². The molecule has 26 heavy (non-hydrogen) atoms. The second-order valence-electron chi connectivity index (χ2n) is 5.83. The summed E-state index contributed by atoms with van der Waals surface area (Å²) in [7, 11) is 0. The van der Waals surface area contributed by atoms with Gasteiger partial charge in [0.1, 0.15) is 10.6 Å². The van der Waals surface area contributed by atoms with E-state index in [-0.39, 0.29) is 25.1 Å². The van der Waals surface area contributed by atoms with Crippen LogP contribution in [0.1, 0.15) is 36.5 Å². The number of hydrogen-bond donors (Lipinski definition) is 1. The number of hydrogen-bond acceptors (Lipinski definition) is 7. The van der Waals surface area contributed by atoms with Crippen molar-refractivity contribution in [1.29, 1.82) is 0 Å². The Morgan fingerprint density at radius 2 is 2.04 bits per heavy atom. The van der Waals surface area contributed by atoms with Gasteiger partial charge in [-0.15, -0.1) is 22.7 Å². The molecule has 0 atom stereocenters. The molecule has 0 radical (unpaired) electrons. The van der Waals surface area contributed by atoms with Crippen molar-refractivity contribution in [1.82, 2.24) is 0 Å². The first-order valence-corrected chi connectivity index (χ1v) is 10.1. The Bertz CT molecular complexity index is 793. The monoisotopic (exact) mass is 393 g/mol. The van der Waals surface area contributed by atoms with Crippen LogP contribution in [0.4, 0.5) is 5.00 Å². The number of esters is 2. The zero-order chi connectivity index (χ0) is 18.5. The summed E-state index contributed by atoms with van der Waals surface area (Å²) >= 11 is 2.75. The van der Waals surface area contributed by atoms with E-state index in [2.05, 4.69) is 5.32 Å². The Morgan fingerprint density at radius 3 is 2.65 bits per heavy atom. The third kappa shape index (κ3) is 4.13. The molecule has 1 saturated carbocycles. The average molecular weight is 393 g/mol. The zero-order valence-electron chi connectivity index (χ0n) is 14.3. The number of anilines is 1. The van der Waals surface area contributed by atoms with E-state index in [9.17, 15) is 14.4 Å². The third-order valence-corrected chi connectivity index (χ3v) is 5.89. The maximum atomic E-state index is 12.4. The molecule has 1 amide bonds. The third-order valence-electron chi connectivity index (χ3n) is 4.09. The van der Waals surface area contributed by atoms with Crippen LogP contribution in [0, 0.1) is 5.92 Å². The maximum absolute atomic E-state index is 12.4. The van der Waals surface area contributed by atoms with Gasteiger partial charge in [0.25, 0.3) is 5.91 Å². The first-order chi connectivity index (χ1) is 12.6. The Labute approximate surface area is 159 Å². The first-order valence-electron chi connectivity index (χ1n) is 8.39. The summed E-state index contributed by atoms with van der Waals surface area (Å²) in [4.78, 5) is 37.2. The summed E-state index contributed by atoms with van der Waals surface area (Å²) in [6.45, 7) is 1.61. The van der Waals surface area contributed by atoms with Crippen molar-refractivity contribution in [3.8, 4) is 10.4 Å². The Morgan fingerprint density at radius 1 is 1.23 bits per heavy atom. The van der Waals surface area contributed by atoms with Crippen molar-refractivity contribution in [3.63, 3.8) is 0 Å². The highest BCUT2D eigenvalue weighted by Crippen LogP contribution is 2.38. The molecule has 1 fully saturated rings. The van der Waals surface area contributed by atoms with Gasteiger partial charge < -0.3 is 14.8 Å². The molecular formula is C18H19NO5S2. The lowest BCUT2D eigenvalue weighted by molar-refractivity contribution is -0.154. The average Bonchev–Trinajstić information content (AvgIpc) is 3.20. The van der Waals surface area contributed by atoms with Crippen LogP contribution in [0.25, 0.3) is 10.4 Å². The number of amides is 1. The molecular weight excluding hydrogens is 374 g/mol. The number of ether oxygens (including phenoxy) is 2. The summed E-state index contributed by atoms with van der Waals surface area (Å²) in [6.07, 6.45) is 2.67. The molecule has 8 heteroatoms. The number of thiophene rings is 2. The lowest BCUT2D eigenvalue weighted by Gasteiger charge is -2.22. The summed E-state index contributed by atoms with van der Waals surface area (Å²) in [5, 5.41) is 6.80. The number of nitrogens with one attached hydrogen (secondary N) is 1. The highest BCUT2D eigenvalue weighted by molar-refractivity contribution is 7.17. The van der Waals surface area contributed by atoms with Crippen LogP contribution in [0.3, 0.4) is 0 Å². The molecule has 3 rings (SSSR count). The first kappa shape index (κ1) is 18.6. The quantitative estimate of drug-likeness (QED) is 0.721. The number of carbonyl (C=O) groups excluding carboxylic acids is 3. The second kappa shape index (κ2) is 8.46. The zero-order valence-corrected chi connectivity index (χ0v) is 15.9. The smallest absolute Gasteiger partial charge is 0.341 e. The summed E-state index contributed by atoms with van der Waals surface area (Å²) in [5.74, 6) is -1.37. The number of carbonyl (C=O) groups is 3. The molecule has 2 heterocycles. The topological polar surface area (TPSA) is 81.7 Å². The van der Waals surface area contributed by atoms with Crippen molar-refractivity contribution >= 4 is 45.5 Å². The minimum Gasteiger partial charge on any atom is -0.462 e. The predicted molar refractivity (Wildman–Crippen MR) is 101 cm³/mol. The van der Waals surface area contributed by atoms with Gasteiger partial charge >= 0.3 is 11.9 Å². The molecule has 2 aromatic heterocycles. The fourth-order valence-electron chi connectivity index (χ4n) is 2.53. The summed E-state index contributed by atoms with van der Waals surface area (Å²) in [6, 6.07) is 3.80. The molecule has 0 aliphatic heterocycles. The van der Waals surface area contributed by atoms with Crippen molar-refractivity contribution < 1.29 is 23.9 Å². The van der Waals surface area contributed by atoms with Gasteiger partial charge in [0.15, 0.2) is 6.61 Å². The van der Waals surface area contributed by atoms with Crippen LogP contribution in [0.5, 0.6) is 0 Å². The van der Waals surface area contributed by atoms with Crippen molar-refractivity contribution in [2.45, 2.75) is 26.2 Å². The molecule has 1 aliphatic rings. The Balaban J connectivity index is 1.71. The van der Waals surface area contributed by atoms with Gasteiger partial charge in [-0.3, -0.25) is 9.59 Å². The van der Waals surface area contributed by atoms with E-state index in [1.165, 1.54) is 22.7 Å². The van der Waals surface area contributed by atoms with Gasteiger partial charge in [0, 0.05) is 15.8 Å². The van der Waals surface area contributed by atoms with Gasteiger partial charge in [-0.2, -0.15) is 0 Å². The van der Waals surface area contributed by atoms with E-state index in [1.54, 1.807) is 6.92 Å². The van der Waals surface area contributed by atoms with Crippen LogP contribution in [-0.4, -0.2) is 31.1 Å². The Hall–Kier alpha value is -2.19. The minimum absolute atomic E-state index is 0.0786. The van der Waals surface area contributed by atoms with Gasteiger partial charge in [0.05, 0.1) is 12.5 Å². The molecule has 0 aromatic carbocycles. The highest BCUT2D eigenvalue weighted by Gasteiger charge is 2.28. The van der Waals surface area contributed by atoms with Crippen molar-refractivity contribution in [3.05, 3.63) is 28.5 Å². The summed E-state index contributed by atoms with van der Waals surface area (Å²) in [5.41, 5.74) is 1.06. The lowest BCUT2D eigenvalue weighted by Crippen LogP contribution is -2.28. The van der Waals surface area contributed by atoms with Crippen molar-refractivity contribution in [2.24, 2.45) is 5.92 Å². The van der Waals surface area contributed by atoms with Crippen LogP contribution >= 0.6 is 22.7 Å². The molecule has 138 valence electrons. The second-order valence-corrected chi connectivity index (χ2v) is 7.66. The molecule has 0 saturated heterocycles. The van der Waals surface area contributed by atoms with Crippen LogP contribution in [-0.2, 0) is 19.1 Å². The van der Waals surface area contributed by atoms with Gasteiger partial charge in [-0.25, -0.2) is 4.79 Å². The molecule has 2 aromatic rings. The van der Waals surface area contributed by atoms with E-state index in [0.29, 0.717) is 10.6 Å². The normalized spacial score (nSPS) is 13.7. The van der Waals surface area contributed by atoms with Crippen LogP contribution < -0.4 is 5.32 Å². The highest BCUT2D eigenvalue weighted by atomic mass is 32.1. The molecule has 0 unspecified atom stereocenters. The van der Waals surface area contributed by atoms with Crippen LogP contribution in [0.15, 0.2) is 22.9 Å². The standard InChI is InChI=1S/C18H19NO5S2/c1-2-23-18(22)15-12(13-7-4-8-25-13)10-26-16(15)19-14(20)9-24-17(21)11-5-3-6-11/h4,7-8,10-11H,2-3,5-6,9H2,1H3,(H,19,20). The predicted octanol–water partition coefficient (Wildman–Crippen LogP) is 3.94. The largest absolute Gasteiger partial charge is 0.462 e. The van der Waals surface area contributed by atoms with E-state index < -0.39 is 11.9 Å². The molecule has 0 bridgehead atoms. The van der Waals surface area contributed by atoms with E-state index in [4.69, 9.17) is 9.47 Å². The molecule has 1 aliphatic carbocycles. The van der Waals surface area contributed by atoms with Gasteiger partial charge in [-0.1, -0.05) is 12.5 Å². The van der Waals surface area contributed by atoms with Crippen LogP contribution in [0.2, 0.25) is 0 Å². The van der Waals surface area contributed by atoms with E-state index in [1.807, 2.05) is 22.9 Å². The van der Waals surface area contributed by atoms with Gasteiger partial charge in [0.2, 0.25) is 0 Å². The molecule has 0 spiro atoms. The fourth-order valence-corrected chi connectivity index (χ4v) is 4.32. The van der Waals surface area contributed by atoms with E-state index in [0.717, 1.165) is 29.7 Å².